The summed E-state index contributed by atoms with van der Waals surface area (Å²) >= 11 is 0. The molecule has 7 nitrogen and oxygen atoms in total. The van der Waals surface area contributed by atoms with Gasteiger partial charge in [0.2, 0.25) is 0 Å². The van der Waals surface area contributed by atoms with E-state index in [0.29, 0.717) is 6.54 Å². The second-order valence-corrected chi connectivity index (χ2v) is 9.57. The molecule has 5 atom stereocenters. The second kappa shape index (κ2) is 9.54. The lowest BCUT2D eigenvalue weighted by atomic mass is 9.71. The zero-order valence-corrected chi connectivity index (χ0v) is 19.2. The summed E-state index contributed by atoms with van der Waals surface area (Å²) in [5, 5.41) is 9.84. The van der Waals surface area contributed by atoms with Crippen molar-refractivity contribution >= 4 is 5.57 Å². The largest absolute Gasteiger partial charge is 0.508 e. The first-order chi connectivity index (χ1) is 16.1. The number of rotatable bonds is 6. The SMILES string of the molecule is CCc1cc(O)ccc1C1CCC2C(c3ncc(C4=CCN(CCN)CC4)[nH]3)NNC2C1F. The summed E-state index contributed by atoms with van der Waals surface area (Å²) in [5.74, 6) is 1.10. The highest BCUT2D eigenvalue weighted by molar-refractivity contribution is 5.63. The Morgan fingerprint density at radius 1 is 1.27 bits per heavy atom. The van der Waals surface area contributed by atoms with Gasteiger partial charge in [0.05, 0.1) is 24.0 Å². The smallest absolute Gasteiger partial charge is 0.125 e. The number of alkyl halides is 1. The predicted octanol–water partition coefficient (Wildman–Crippen LogP) is 2.77. The Balaban J connectivity index is 1.29. The quantitative estimate of drug-likeness (QED) is 0.460. The van der Waals surface area contributed by atoms with E-state index in [-0.39, 0.29) is 29.7 Å². The van der Waals surface area contributed by atoms with Crippen molar-refractivity contribution in [2.24, 2.45) is 11.7 Å². The Hall–Kier alpha value is -2.26. The standard InChI is InChI=1S/C25H35FN6O/c1-2-15-13-17(33)3-4-18(15)19-5-6-20-23(22(19)26)30-31-24(20)25-28-14-21(29-25)16-7-10-32(11-8-16)12-9-27/h3-4,7,13-14,19-20,22-24,30-31,33H,2,5-6,8-12,27H2,1H3,(H,28,29). The number of aryl methyl sites for hydroxylation is 1. The number of aromatic nitrogens is 2. The fourth-order valence-electron chi connectivity index (χ4n) is 5.91. The van der Waals surface area contributed by atoms with Crippen LogP contribution in [0.4, 0.5) is 4.39 Å². The maximum absolute atomic E-state index is 15.8. The van der Waals surface area contributed by atoms with E-state index in [4.69, 9.17) is 5.73 Å². The number of hydrogen-bond donors (Lipinski definition) is 5. The molecule has 0 amide bonds. The third-order valence-corrected chi connectivity index (χ3v) is 7.71. The van der Waals surface area contributed by atoms with Crippen LogP contribution >= 0.6 is 0 Å². The molecule has 1 saturated carbocycles. The molecule has 6 N–H and O–H groups in total. The van der Waals surface area contributed by atoms with E-state index < -0.39 is 6.17 Å². The van der Waals surface area contributed by atoms with Gasteiger partial charge in [-0.15, -0.1) is 0 Å². The van der Waals surface area contributed by atoms with E-state index in [1.807, 2.05) is 12.3 Å². The van der Waals surface area contributed by atoms with Gasteiger partial charge in [-0.1, -0.05) is 19.1 Å². The van der Waals surface area contributed by atoms with Crippen LogP contribution in [0.2, 0.25) is 0 Å². The lowest BCUT2D eigenvalue weighted by Crippen LogP contribution is -2.45. The summed E-state index contributed by atoms with van der Waals surface area (Å²) in [6.45, 7) is 5.58. The summed E-state index contributed by atoms with van der Waals surface area (Å²) in [5.41, 5.74) is 16.7. The van der Waals surface area contributed by atoms with Gasteiger partial charge in [0.25, 0.3) is 0 Å². The zero-order chi connectivity index (χ0) is 22.9. The highest BCUT2D eigenvalue weighted by Gasteiger charge is 2.48. The highest BCUT2D eigenvalue weighted by Crippen LogP contribution is 2.45. The molecule has 178 valence electrons. The minimum atomic E-state index is -1.000. The van der Waals surface area contributed by atoms with Gasteiger partial charge in [-0.25, -0.2) is 14.8 Å². The first-order valence-corrected chi connectivity index (χ1v) is 12.2. The molecule has 3 heterocycles. The van der Waals surface area contributed by atoms with Gasteiger partial charge >= 0.3 is 0 Å². The minimum Gasteiger partial charge on any atom is -0.508 e. The van der Waals surface area contributed by atoms with Gasteiger partial charge in [-0.3, -0.25) is 10.3 Å². The molecule has 1 aromatic heterocycles. The summed E-state index contributed by atoms with van der Waals surface area (Å²) < 4.78 is 15.8. The molecular formula is C25H35FN6O. The Kier molecular flexibility index (Phi) is 6.51. The number of fused-ring (bicyclic) bond motifs is 1. The van der Waals surface area contributed by atoms with Crippen LogP contribution in [0.5, 0.6) is 5.75 Å². The molecular weight excluding hydrogens is 419 g/mol. The second-order valence-electron chi connectivity index (χ2n) is 9.57. The number of phenolic OH excluding ortho intramolecular Hbond substituents is 1. The molecule has 1 aromatic carbocycles. The van der Waals surface area contributed by atoms with Crippen molar-refractivity contribution in [2.75, 3.05) is 26.2 Å². The van der Waals surface area contributed by atoms with Gasteiger partial charge in [-0.05, 0) is 54.5 Å². The first kappa shape index (κ1) is 22.5. The van der Waals surface area contributed by atoms with Crippen LogP contribution in [-0.4, -0.2) is 58.4 Å². The molecule has 1 aliphatic carbocycles. The average molecular weight is 455 g/mol. The Morgan fingerprint density at radius 2 is 2.15 bits per heavy atom. The molecule has 2 aromatic rings. The van der Waals surface area contributed by atoms with Crippen molar-refractivity contribution in [1.29, 1.82) is 0 Å². The highest BCUT2D eigenvalue weighted by atomic mass is 19.1. The summed E-state index contributed by atoms with van der Waals surface area (Å²) in [4.78, 5) is 10.5. The number of halogens is 1. The van der Waals surface area contributed by atoms with Crippen molar-refractivity contribution in [2.45, 2.75) is 56.8 Å². The monoisotopic (exact) mass is 454 g/mol. The van der Waals surface area contributed by atoms with Crippen LogP contribution < -0.4 is 16.6 Å². The van der Waals surface area contributed by atoms with Crippen molar-refractivity contribution in [3.05, 3.63) is 53.1 Å². The number of nitrogens with zero attached hydrogens (tertiary/aromatic N) is 2. The summed E-state index contributed by atoms with van der Waals surface area (Å²) in [6.07, 6.45) is 6.63. The lowest BCUT2D eigenvalue weighted by molar-refractivity contribution is 0.135. The topological polar surface area (TPSA) is 102 Å². The van der Waals surface area contributed by atoms with Crippen LogP contribution in [0.25, 0.3) is 5.57 Å². The number of hydrazine groups is 1. The number of benzene rings is 1. The molecule has 0 spiro atoms. The Morgan fingerprint density at radius 3 is 2.91 bits per heavy atom. The first-order valence-electron chi connectivity index (χ1n) is 12.2. The third-order valence-electron chi connectivity index (χ3n) is 7.71. The number of H-pyrrole nitrogens is 1. The van der Waals surface area contributed by atoms with E-state index in [9.17, 15) is 5.11 Å². The lowest BCUT2D eigenvalue weighted by Gasteiger charge is -2.36. The molecule has 0 bridgehead atoms. The van der Waals surface area contributed by atoms with Crippen molar-refractivity contribution < 1.29 is 9.50 Å². The van der Waals surface area contributed by atoms with Gasteiger partial charge < -0.3 is 15.8 Å². The number of aromatic amines is 1. The molecule has 5 rings (SSSR count). The molecule has 2 fully saturated rings. The van der Waals surface area contributed by atoms with Crippen LogP contribution in [-0.2, 0) is 6.42 Å². The van der Waals surface area contributed by atoms with Crippen LogP contribution in [0.3, 0.4) is 0 Å². The molecule has 1 saturated heterocycles. The van der Waals surface area contributed by atoms with E-state index in [2.05, 4.69) is 38.7 Å². The van der Waals surface area contributed by atoms with E-state index >= 15 is 4.39 Å². The van der Waals surface area contributed by atoms with Gasteiger partial charge in [0, 0.05) is 38.0 Å². The number of nitrogens with one attached hydrogen (secondary N) is 3. The van der Waals surface area contributed by atoms with Crippen LogP contribution in [0, 0.1) is 5.92 Å². The van der Waals surface area contributed by atoms with Crippen LogP contribution in [0.1, 0.15) is 60.8 Å². The van der Waals surface area contributed by atoms with Crippen molar-refractivity contribution in [3.8, 4) is 5.75 Å². The normalized spacial score (nSPS) is 30.3. The predicted molar refractivity (Wildman–Crippen MR) is 127 cm³/mol. The van der Waals surface area contributed by atoms with Gasteiger partial charge in [0.1, 0.15) is 17.7 Å². The minimum absolute atomic E-state index is 0.0358. The number of imidazole rings is 1. The molecule has 5 unspecified atom stereocenters. The zero-order valence-electron chi connectivity index (χ0n) is 19.2. The van der Waals surface area contributed by atoms with E-state index in [1.54, 1.807) is 12.1 Å². The third kappa shape index (κ3) is 4.33. The fraction of sp³-hybridized carbons (Fsp3) is 0.560. The molecule has 0 radical (unpaired) electrons. The number of hydrogen-bond acceptors (Lipinski definition) is 6. The fourth-order valence-corrected chi connectivity index (χ4v) is 5.91. The maximum Gasteiger partial charge on any atom is 0.125 e. The average Bonchev–Trinajstić information content (AvgIpc) is 3.48. The number of aromatic hydroxyl groups is 1. The molecule has 3 aliphatic rings. The maximum atomic E-state index is 15.8. The van der Waals surface area contributed by atoms with Crippen molar-refractivity contribution in [1.82, 2.24) is 25.7 Å². The molecule has 2 aliphatic heterocycles. The van der Waals surface area contributed by atoms with E-state index in [0.717, 1.165) is 68.0 Å². The molecule has 8 heteroatoms. The number of phenols is 1. The van der Waals surface area contributed by atoms with Gasteiger partial charge in [0.15, 0.2) is 0 Å². The number of nitrogens with two attached hydrogens (primary N) is 1. The van der Waals surface area contributed by atoms with E-state index in [1.165, 1.54) is 5.57 Å². The summed E-state index contributed by atoms with van der Waals surface area (Å²) in [7, 11) is 0. The Bertz CT molecular complexity index is 1010. The molecule has 33 heavy (non-hydrogen) atoms. The van der Waals surface area contributed by atoms with Crippen LogP contribution in [0.15, 0.2) is 30.5 Å². The van der Waals surface area contributed by atoms with Crippen molar-refractivity contribution in [3.63, 3.8) is 0 Å². The van der Waals surface area contributed by atoms with Gasteiger partial charge in [-0.2, -0.15) is 0 Å². The summed E-state index contributed by atoms with van der Waals surface area (Å²) in [6, 6.07) is 5.05. The Labute approximate surface area is 194 Å².